The minimum atomic E-state index is -0.751. The molecule has 0 atom stereocenters. The zero-order valence-electron chi connectivity index (χ0n) is 12.8. The second kappa shape index (κ2) is 7.28. The fraction of sp³-hybridized carbons (Fsp3) is 0.0526. The Morgan fingerprint density at radius 2 is 1.50 bits per heavy atom. The number of carbonyl (C=O) groups is 1. The number of hydrogen-bond acceptors (Lipinski definition) is 4. The molecule has 0 saturated heterocycles. The van der Waals surface area contributed by atoms with Gasteiger partial charge in [-0.25, -0.2) is 9.36 Å². The van der Waals surface area contributed by atoms with Crippen molar-refractivity contribution in [2.75, 3.05) is 0 Å². The van der Waals surface area contributed by atoms with Crippen molar-refractivity contribution in [1.82, 2.24) is 4.57 Å². The summed E-state index contributed by atoms with van der Waals surface area (Å²) in [5, 5.41) is 0. The van der Waals surface area contributed by atoms with Crippen molar-refractivity contribution in [3.05, 3.63) is 94.9 Å². The fourth-order valence-corrected chi connectivity index (χ4v) is 2.07. The minimum absolute atomic E-state index is 0.336. The van der Waals surface area contributed by atoms with Crippen molar-refractivity contribution in [3.63, 3.8) is 0 Å². The third kappa shape index (κ3) is 3.89. The highest BCUT2D eigenvalue weighted by atomic mass is 16.6. The topological polar surface area (TPSA) is 57.5 Å². The first-order valence-corrected chi connectivity index (χ1v) is 7.39. The molecule has 1 aromatic heterocycles. The molecule has 5 heteroatoms. The molecule has 0 amide bonds. The molecule has 5 nitrogen and oxygen atoms in total. The molecule has 120 valence electrons. The fourth-order valence-electron chi connectivity index (χ4n) is 2.07. The van der Waals surface area contributed by atoms with Crippen LogP contribution < -0.4 is 15.0 Å². The van der Waals surface area contributed by atoms with Crippen molar-refractivity contribution < 1.29 is 14.3 Å². The van der Waals surface area contributed by atoms with Gasteiger partial charge in [0.25, 0.3) is 5.56 Å². The van der Waals surface area contributed by atoms with E-state index in [1.165, 1.54) is 12.3 Å². The molecule has 1 heterocycles. The second-order valence-electron chi connectivity index (χ2n) is 5.02. The van der Waals surface area contributed by atoms with Gasteiger partial charge in [0.2, 0.25) is 0 Å². The monoisotopic (exact) mass is 321 g/mol. The lowest BCUT2D eigenvalue weighted by atomic mass is 10.2. The Bertz CT molecular complexity index is 870. The van der Waals surface area contributed by atoms with E-state index >= 15 is 0 Å². The number of ether oxygens (including phenoxy) is 2. The lowest BCUT2D eigenvalue weighted by Crippen LogP contribution is -2.28. The van der Waals surface area contributed by atoms with Crippen LogP contribution in [0.15, 0.2) is 83.8 Å². The average Bonchev–Trinajstić information content (AvgIpc) is 2.62. The van der Waals surface area contributed by atoms with Gasteiger partial charge in [-0.05, 0) is 35.9 Å². The van der Waals surface area contributed by atoms with E-state index in [0.717, 1.165) is 10.1 Å². The first-order valence-electron chi connectivity index (χ1n) is 7.39. The van der Waals surface area contributed by atoms with Crippen LogP contribution in [-0.4, -0.2) is 10.7 Å². The van der Waals surface area contributed by atoms with E-state index in [1.54, 1.807) is 36.4 Å². The second-order valence-corrected chi connectivity index (χ2v) is 5.02. The molecule has 3 aromatic rings. The van der Waals surface area contributed by atoms with Gasteiger partial charge in [0.05, 0.1) is 0 Å². The number of hydrogen-bond donors (Lipinski definition) is 0. The highest BCUT2D eigenvalue weighted by Crippen LogP contribution is 2.19. The number of rotatable bonds is 4. The third-order valence-electron chi connectivity index (χ3n) is 3.30. The van der Waals surface area contributed by atoms with Gasteiger partial charge in [0.1, 0.15) is 18.1 Å². The highest BCUT2D eigenvalue weighted by molar-refractivity contribution is 5.73. The first-order chi connectivity index (χ1) is 11.7. The molecule has 0 unspecified atom stereocenters. The molecule has 3 rings (SSSR count). The average molecular weight is 321 g/mol. The molecular weight excluding hydrogens is 306 g/mol. The number of nitrogens with zero attached hydrogens (tertiary/aromatic N) is 1. The van der Waals surface area contributed by atoms with Gasteiger partial charge in [-0.15, -0.1) is 0 Å². The molecule has 0 aliphatic heterocycles. The van der Waals surface area contributed by atoms with Crippen LogP contribution in [0.2, 0.25) is 0 Å². The Morgan fingerprint density at radius 1 is 0.833 bits per heavy atom. The molecule has 0 bridgehead atoms. The summed E-state index contributed by atoms with van der Waals surface area (Å²) in [7, 11) is 0. The molecular formula is C19H15NO4. The quantitative estimate of drug-likeness (QED) is 0.738. The van der Waals surface area contributed by atoms with Crippen LogP contribution in [0.1, 0.15) is 5.56 Å². The molecule has 0 radical (unpaired) electrons. The number of pyridine rings is 1. The zero-order chi connectivity index (χ0) is 16.8. The third-order valence-corrected chi connectivity index (χ3v) is 3.30. The lowest BCUT2D eigenvalue weighted by molar-refractivity contribution is 0.201. The van der Waals surface area contributed by atoms with Crippen molar-refractivity contribution >= 4 is 6.09 Å². The molecule has 0 saturated carbocycles. The Kier molecular flexibility index (Phi) is 4.72. The number of aromatic nitrogens is 1. The maximum atomic E-state index is 11.9. The van der Waals surface area contributed by atoms with E-state index in [9.17, 15) is 9.59 Å². The molecule has 0 spiro atoms. The van der Waals surface area contributed by atoms with Gasteiger partial charge in [-0.1, -0.05) is 36.4 Å². The van der Waals surface area contributed by atoms with E-state index in [-0.39, 0.29) is 0 Å². The number of carbonyl (C=O) groups excluding carboxylic acids is 1. The van der Waals surface area contributed by atoms with Crippen LogP contribution in [0.3, 0.4) is 0 Å². The van der Waals surface area contributed by atoms with E-state index in [0.29, 0.717) is 18.1 Å². The van der Waals surface area contributed by atoms with Crippen molar-refractivity contribution in [2.45, 2.75) is 6.61 Å². The standard InChI is InChI=1S/C19H15NO4/c21-18-8-4-5-13-20(18)19(22)24-17-11-9-16(10-12-17)23-14-15-6-2-1-3-7-15/h1-13H,14H2. The van der Waals surface area contributed by atoms with E-state index in [1.807, 2.05) is 30.3 Å². The summed E-state index contributed by atoms with van der Waals surface area (Å²) in [6.45, 7) is 0.458. The summed E-state index contributed by atoms with van der Waals surface area (Å²) in [5.41, 5.74) is 0.627. The molecule has 2 aromatic carbocycles. The smallest absolute Gasteiger partial charge is 0.426 e. The normalized spacial score (nSPS) is 10.2. The van der Waals surface area contributed by atoms with Crippen LogP contribution in [-0.2, 0) is 6.61 Å². The predicted octanol–water partition coefficient (Wildman–Crippen LogP) is 3.47. The highest BCUT2D eigenvalue weighted by Gasteiger charge is 2.08. The zero-order valence-corrected chi connectivity index (χ0v) is 12.8. The maximum absolute atomic E-state index is 11.9. The van der Waals surface area contributed by atoms with Crippen molar-refractivity contribution in [1.29, 1.82) is 0 Å². The van der Waals surface area contributed by atoms with E-state index in [4.69, 9.17) is 9.47 Å². The van der Waals surface area contributed by atoms with Gasteiger partial charge in [0.15, 0.2) is 0 Å². The Balaban J connectivity index is 1.61. The lowest BCUT2D eigenvalue weighted by Gasteiger charge is -2.08. The molecule has 0 aliphatic carbocycles. The van der Waals surface area contributed by atoms with Gasteiger partial charge in [0, 0.05) is 12.3 Å². The molecule has 0 fully saturated rings. The van der Waals surface area contributed by atoms with Gasteiger partial charge < -0.3 is 9.47 Å². The summed E-state index contributed by atoms with van der Waals surface area (Å²) in [6, 6.07) is 20.9. The predicted molar refractivity (Wildman–Crippen MR) is 89.3 cm³/mol. The van der Waals surface area contributed by atoms with Gasteiger partial charge in [-0.2, -0.15) is 0 Å². The van der Waals surface area contributed by atoms with Crippen molar-refractivity contribution in [2.24, 2.45) is 0 Å². The van der Waals surface area contributed by atoms with Crippen LogP contribution in [0, 0.1) is 0 Å². The van der Waals surface area contributed by atoms with Gasteiger partial charge >= 0.3 is 6.09 Å². The van der Waals surface area contributed by atoms with Crippen LogP contribution >= 0.6 is 0 Å². The first kappa shape index (κ1) is 15.6. The van der Waals surface area contributed by atoms with Crippen molar-refractivity contribution in [3.8, 4) is 11.5 Å². The minimum Gasteiger partial charge on any atom is -0.489 e. The van der Waals surface area contributed by atoms with Gasteiger partial charge in [-0.3, -0.25) is 4.79 Å². The SMILES string of the molecule is O=C(Oc1ccc(OCc2ccccc2)cc1)n1ccccc1=O. The summed E-state index contributed by atoms with van der Waals surface area (Å²) >= 11 is 0. The summed E-state index contributed by atoms with van der Waals surface area (Å²) in [6.07, 6.45) is 0.612. The van der Waals surface area contributed by atoms with Crippen LogP contribution in [0.25, 0.3) is 0 Å². The Labute approximate surface area is 138 Å². The molecule has 0 aliphatic rings. The van der Waals surface area contributed by atoms with Crippen LogP contribution in [0.4, 0.5) is 4.79 Å². The van der Waals surface area contributed by atoms with E-state index < -0.39 is 11.7 Å². The summed E-state index contributed by atoms with van der Waals surface area (Å²) in [4.78, 5) is 23.5. The Morgan fingerprint density at radius 3 is 2.21 bits per heavy atom. The number of benzene rings is 2. The maximum Gasteiger partial charge on any atom is 0.426 e. The Hall–Kier alpha value is -3.34. The summed E-state index contributed by atoms with van der Waals surface area (Å²) < 4.78 is 11.7. The van der Waals surface area contributed by atoms with Crippen LogP contribution in [0.5, 0.6) is 11.5 Å². The largest absolute Gasteiger partial charge is 0.489 e. The summed E-state index contributed by atoms with van der Waals surface area (Å²) in [5.74, 6) is 0.998. The molecule has 0 N–H and O–H groups in total. The molecule has 24 heavy (non-hydrogen) atoms. The van der Waals surface area contributed by atoms with E-state index in [2.05, 4.69) is 0 Å².